The van der Waals surface area contributed by atoms with Gasteiger partial charge in [-0.05, 0) is 43.0 Å². The summed E-state index contributed by atoms with van der Waals surface area (Å²) >= 11 is 5.90. The summed E-state index contributed by atoms with van der Waals surface area (Å²) in [5, 5.41) is 0.0428. The number of hydrogen-bond acceptors (Lipinski definition) is 6. The molecule has 1 aromatic carbocycles. The van der Waals surface area contributed by atoms with Crippen LogP contribution in [0.3, 0.4) is 0 Å². The van der Waals surface area contributed by atoms with E-state index in [1.807, 2.05) is 37.3 Å². The zero-order valence-electron chi connectivity index (χ0n) is 15.5. The molecule has 0 amide bonds. The summed E-state index contributed by atoms with van der Waals surface area (Å²) < 4.78 is 10.6. The van der Waals surface area contributed by atoms with Crippen molar-refractivity contribution in [2.24, 2.45) is 0 Å². The lowest BCUT2D eigenvalue weighted by Gasteiger charge is -2.29. The fourth-order valence-electron chi connectivity index (χ4n) is 2.83. The van der Waals surface area contributed by atoms with Gasteiger partial charge in [0, 0.05) is 12.6 Å². The van der Waals surface area contributed by atoms with Crippen molar-refractivity contribution in [3.8, 4) is 0 Å². The quantitative estimate of drug-likeness (QED) is 0.477. The number of halogens is 1. The maximum atomic E-state index is 12.7. The predicted molar refractivity (Wildman–Crippen MR) is 101 cm³/mol. The molecule has 27 heavy (non-hydrogen) atoms. The lowest BCUT2D eigenvalue weighted by atomic mass is 9.77. The molecule has 7 heteroatoms. The fraction of sp³-hybridized carbons (Fsp3) is 0.400. The zero-order valence-corrected chi connectivity index (χ0v) is 16.2. The second-order valence-corrected chi connectivity index (χ2v) is 6.35. The third-order valence-corrected chi connectivity index (χ3v) is 4.57. The topological polar surface area (TPSA) is 78.4 Å². The van der Waals surface area contributed by atoms with Crippen molar-refractivity contribution in [2.75, 3.05) is 6.61 Å². The second kappa shape index (κ2) is 10.0. The molecule has 0 N–H and O–H groups in total. The molecule has 0 radical (unpaired) electrons. The van der Waals surface area contributed by atoms with E-state index >= 15 is 0 Å². The van der Waals surface area contributed by atoms with Crippen LogP contribution in [0.4, 0.5) is 0 Å². The number of benzene rings is 1. The zero-order chi connectivity index (χ0) is 19.7. The summed E-state index contributed by atoms with van der Waals surface area (Å²) in [7, 11) is 0. The molecule has 0 fully saturated rings. The van der Waals surface area contributed by atoms with Gasteiger partial charge in [-0.2, -0.15) is 0 Å². The normalized spacial score (nSPS) is 12.9. The van der Waals surface area contributed by atoms with Crippen molar-refractivity contribution in [2.45, 2.75) is 45.1 Å². The van der Waals surface area contributed by atoms with Crippen molar-refractivity contribution in [3.63, 3.8) is 0 Å². The van der Waals surface area contributed by atoms with E-state index in [2.05, 4.69) is 9.97 Å². The average Bonchev–Trinajstić information content (AvgIpc) is 2.68. The first-order valence-corrected chi connectivity index (χ1v) is 9.25. The van der Waals surface area contributed by atoms with E-state index in [1.54, 1.807) is 13.0 Å². The van der Waals surface area contributed by atoms with E-state index in [1.165, 1.54) is 6.20 Å². The highest BCUT2D eigenvalue weighted by atomic mass is 35.5. The molecule has 0 spiro atoms. The maximum Gasteiger partial charge on any atom is 0.318 e. The Labute approximate surface area is 163 Å². The molecule has 0 aliphatic carbocycles. The van der Waals surface area contributed by atoms with Crippen molar-refractivity contribution in [3.05, 3.63) is 59.1 Å². The molecule has 0 saturated carbocycles. The van der Waals surface area contributed by atoms with Gasteiger partial charge in [-0.3, -0.25) is 9.59 Å². The molecule has 2 rings (SSSR count). The minimum Gasteiger partial charge on any atom is -0.465 e. The largest absolute Gasteiger partial charge is 0.465 e. The van der Waals surface area contributed by atoms with Gasteiger partial charge in [0.2, 0.25) is 5.28 Å². The van der Waals surface area contributed by atoms with Crippen LogP contribution in [0.15, 0.2) is 42.6 Å². The van der Waals surface area contributed by atoms with Gasteiger partial charge in [0.05, 0.1) is 12.3 Å². The van der Waals surface area contributed by atoms with E-state index in [0.29, 0.717) is 12.1 Å². The van der Waals surface area contributed by atoms with Gasteiger partial charge in [0.25, 0.3) is 0 Å². The van der Waals surface area contributed by atoms with Crippen molar-refractivity contribution in [1.29, 1.82) is 0 Å². The SMILES string of the molecule is CCOC(=O)C(CC)(CCC(=O)OCc1ccccc1)c1ccnc(Cl)n1. The van der Waals surface area contributed by atoms with Crippen molar-refractivity contribution >= 4 is 23.5 Å². The first-order chi connectivity index (χ1) is 13.0. The smallest absolute Gasteiger partial charge is 0.318 e. The molecule has 0 aliphatic rings. The van der Waals surface area contributed by atoms with Crippen LogP contribution in [0.5, 0.6) is 0 Å². The van der Waals surface area contributed by atoms with Crippen LogP contribution in [0.2, 0.25) is 5.28 Å². The van der Waals surface area contributed by atoms with Crippen LogP contribution in [-0.4, -0.2) is 28.5 Å². The predicted octanol–water partition coefficient (Wildman–Crippen LogP) is 3.86. The molecular weight excluding hydrogens is 368 g/mol. The fourth-order valence-corrected chi connectivity index (χ4v) is 2.98. The standard InChI is InChI=1S/C20H23ClN2O4/c1-3-20(18(25)26-4-2,16-11-13-22-19(21)23-16)12-10-17(24)27-14-15-8-6-5-7-9-15/h5-9,11,13H,3-4,10,12,14H2,1-2H3. The number of carbonyl (C=O) groups is 2. The average molecular weight is 391 g/mol. The monoisotopic (exact) mass is 390 g/mol. The number of carbonyl (C=O) groups excluding carboxylic acids is 2. The third-order valence-electron chi connectivity index (χ3n) is 4.38. The van der Waals surface area contributed by atoms with Gasteiger partial charge in [0.1, 0.15) is 12.0 Å². The Morgan fingerprint density at radius 2 is 1.85 bits per heavy atom. The number of nitrogens with zero attached hydrogens (tertiary/aromatic N) is 2. The molecule has 1 heterocycles. The molecular formula is C20H23ClN2O4. The van der Waals surface area contributed by atoms with E-state index in [-0.39, 0.29) is 37.3 Å². The summed E-state index contributed by atoms with van der Waals surface area (Å²) in [5.74, 6) is -0.820. The van der Waals surface area contributed by atoms with Crippen LogP contribution < -0.4 is 0 Å². The third kappa shape index (κ3) is 5.50. The molecule has 0 saturated heterocycles. The number of esters is 2. The second-order valence-electron chi connectivity index (χ2n) is 6.01. The summed E-state index contributed by atoms with van der Waals surface area (Å²) in [6, 6.07) is 11.0. The Hall–Kier alpha value is -2.47. The van der Waals surface area contributed by atoms with E-state index in [4.69, 9.17) is 21.1 Å². The van der Waals surface area contributed by atoms with Crippen LogP contribution in [0.25, 0.3) is 0 Å². The summed E-state index contributed by atoms with van der Waals surface area (Å²) in [4.78, 5) is 33.0. The van der Waals surface area contributed by atoms with E-state index in [9.17, 15) is 9.59 Å². The molecule has 0 aliphatic heterocycles. The number of rotatable bonds is 9. The molecule has 6 nitrogen and oxygen atoms in total. The van der Waals surface area contributed by atoms with Gasteiger partial charge >= 0.3 is 11.9 Å². The molecule has 1 aromatic heterocycles. The minimum atomic E-state index is -1.08. The molecule has 1 unspecified atom stereocenters. The highest BCUT2D eigenvalue weighted by Crippen LogP contribution is 2.34. The van der Waals surface area contributed by atoms with E-state index in [0.717, 1.165) is 5.56 Å². The highest BCUT2D eigenvalue weighted by Gasteiger charge is 2.42. The van der Waals surface area contributed by atoms with Gasteiger partial charge in [0.15, 0.2) is 0 Å². The Balaban J connectivity index is 2.11. The van der Waals surface area contributed by atoms with Gasteiger partial charge in [-0.15, -0.1) is 0 Å². The van der Waals surface area contributed by atoms with Gasteiger partial charge < -0.3 is 9.47 Å². The molecule has 0 bridgehead atoms. The van der Waals surface area contributed by atoms with Crippen LogP contribution >= 0.6 is 11.6 Å². The van der Waals surface area contributed by atoms with Gasteiger partial charge in [-0.1, -0.05) is 37.3 Å². The Morgan fingerprint density at radius 3 is 2.48 bits per heavy atom. The lowest BCUT2D eigenvalue weighted by molar-refractivity contribution is -0.152. The minimum absolute atomic E-state index is 0.0428. The number of aromatic nitrogens is 2. The van der Waals surface area contributed by atoms with Crippen LogP contribution in [0.1, 0.15) is 44.4 Å². The Bertz CT molecular complexity index is 770. The Morgan fingerprint density at radius 1 is 1.11 bits per heavy atom. The summed E-state index contributed by atoms with van der Waals surface area (Å²) in [6.07, 6.45) is 2.16. The van der Waals surface area contributed by atoms with Crippen LogP contribution in [0, 0.1) is 0 Å². The highest BCUT2D eigenvalue weighted by molar-refractivity contribution is 6.28. The van der Waals surface area contributed by atoms with E-state index < -0.39 is 11.4 Å². The van der Waals surface area contributed by atoms with Crippen molar-refractivity contribution in [1.82, 2.24) is 9.97 Å². The summed E-state index contributed by atoms with van der Waals surface area (Å²) in [6.45, 7) is 4.01. The number of ether oxygens (including phenoxy) is 2. The van der Waals surface area contributed by atoms with Crippen LogP contribution in [-0.2, 0) is 31.1 Å². The van der Waals surface area contributed by atoms with Gasteiger partial charge in [-0.25, -0.2) is 9.97 Å². The lowest BCUT2D eigenvalue weighted by Crippen LogP contribution is -2.38. The van der Waals surface area contributed by atoms with Crippen molar-refractivity contribution < 1.29 is 19.1 Å². The number of hydrogen-bond donors (Lipinski definition) is 0. The molecule has 2 aromatic rings. The first kappa shape index (κ1) is 20.8. The molecule has 144 valence electrons. The Kier molecular flexibility index (Phi) is 7.73. The first-order valence-electron chi connectivity index (χ1n) is 8.87. The maximum absolute atomic E-state index is 12.7. The molecule has 1 atom stereocenters. The summed E-state index contributed by atoms with van der Waals surface area (Å²) in [5.41, 5.74) is 0.272.